The van der Waals surface area contributed by atoms with Crippen molar-refractivity contribution in [3.63, 3.8) is 0 Å². The summed E-state index contributed by atoms with van der Waals surface area (Å²) in [4.78, 5) is 26.8. The number of nitrogens with one attached hydrogen (secondary N) is 3. The maximum atomic E-state index is 12.5. The van der Waals surface area contributed by atoms with Crippen LogP contribution in [0.5, 0.6) is 5.75 Å². The minimum absolute atomic E-state index is 0.0316. The van der Waals surface area contributed by atoms with Crippen LogP contribution >= 0.6 is 0 Å². The van der Waals surface area contributed by atoms with Gasteiger partial charge in [0.25, 0.3) is 0 Å². The van der Waals surface area contributed by atoms with Crippen molar-refractivity contribution >= 4 is 17.5 Å². The molecular formula is C21H32N4O3. The molecule has 0 aliphatic carbocycles. The zero-order valence-corrected chi connectivity index (χ0v) is 16.7. The maximum absolute atomic E-state index is 12.5. The molecular weight excluding hydrogens is 356 g/mol. The van der Waals surface area contributed by atoms with E-state index in [0.29, 0.717) is 37.1 Å². The minimum atomic E-state index is -0.0352. The summed E-state index contributed by atoms with van der Waals surface area (Å²) in [6.07, 6.45) is 4.12. The molecule has 2 saturated heterocycles. The molecule has 2 amide bonds. The van der Waals surface area contributed by atoms with Crippen LogP contribution in [0.15, 0.2) is 24.3 Å². The molecule has 2 fully saturated rings. The molecule has 2 unspecified atom stereocenters. The lowest BCUT2D eigenvalue weighted by Crippen LogP contribution is -2.46. The number of para-hydroxylation sites is 2. The van der Waals surface area contributed by atoms with Crippen LogP contribution in [-0.2, 0) is 9.59 Å². The van der Waals surface area contributed by atoms with Gasteiger partial charge in [0.1, 0.15) is 5.75 Å². The van der Waals surface area contributed by atoms with Crippen molar-refractivity contribution in [1.29, 1.82) is 0 Å². The number of likely N-dealkylation sites (tertiary alicyclic amines) is 1. The maximum Gasteiger partial charge on any atom is 0.238 e. The zero-order chi connectivity index (χ0) is 19.8. The highest BCUT2D eigenvalue weighted by Gasteiger charge is 2.25. The number of rotatable bonds is 8. The topological polar surface area (TPSA) is 82.7 Å². The van der Waals surface area contributed by atoms with Crippen molar-refractivity contribution < 1.29 is 14.3 Å². The van der Waals surface area contributed by atoms with E-state index in [1.165, 1.54) is 0 Å². The summed E-state index contributed by atoms with van der Waals surface area (Å²) in [5, 5.41) is 9.28. The molecule has 0 saturated carbocycles. The fourth-order valence-electron chi connectivity index (χ4n) is 3.98. The first-order valence-corrected chi connectivity index (χ1v) is 10.4. The Hall–Kier alpha value is -2.12. The molecule has 3 rings (SSSR count). The molecule has 1 aromatic rings. The van der Waals surface area contributed by atoms with E-state index in [-0.39, 0.29) is 17.9 Å². The Morgan fingerprint density at radius 2 is 2.11 bits per heavy atom. The molecule has 2 aliphatic heterocycles. The lowest BCUT2D eigenvalue weighted by molar-refractivity contribution is -0.123. The number of benzene rings is 1. The molecule has 0 bridgehead atoms. The average Bonchev–Trinajstić information content (AvgIpc) is 3.23. The highest BCUT2D eigenvalue weighted by atomic mass is 16.5. The largest absolute Gasteiger partial charge is 0.492 e. The molecule has 0 spiro atoms. The number of hydrogen-bond acceptors (Lipinski definition) is 5. The van der Waals surface area contributed by atoms with Gasteiger partial charge in [-0.1, -0.05) is 12.1 Å². The van der Waals surface area contributed by atoms with Gasteiger partial charge in [-0.3, -0.25) is 14.5 Å². The van der Waals surface area contributed by atoms with Crippen LogP contribution < -0.4 is 20.7 Å². The summed E-state index contributed by atoms with van der Waals surface area (Å²) < 4.78 is 5.57. The molecule has 7 heteroatoms. The van der Waals surface area contributed by atoms with Crippen LogP contribution in [0.1, 0.15) is 32.6 Å². The van der Waals surface area contributed by atoms with Gasteiger partial charge in [-0.05, 0) is 63.7 Å². The molecule has 2 heterocycles. The van der Waals surface area contributed by atoms with Crippen molar-refractivity contribution in [3.8, 4) is 5.75 Å². The van der Waals surface area contributed by atoms with Gasteiger partial charge in [-0.15, -0.1) is 0 Å². The first-order valence-electron chi connectivity index (χ1n) is 10.4. The van der Waals surface area contributed by atoms with E-state index in [1.54, 1.807) is 0 Å². The fourth-order valence-corrected chi connectivity index (χ4v) is 3.98. The summed E-state index contributed by atoms with van der Waals surface area (Å²) in [6, 6.07) is 7.46. The van der Waals surface area contributed by atoms with Gasteiger partial charge in [0.05, 0.1) is 24.9 Å². The summed E-state index contributed by atoms with van der Waals surface area (Å²) in [5.74, 6) is 1.16. The first kappa shape index (κ1) is 20.6. The van der Waals surface area contributed by atoms with Crippen LogP contribution in [0.3, 0.4) is 0 Å². The molecule has 154 valence electrons. The third-order valence-electron chi connectivity index (χ3n) is 5.37. The van der Waals surface area contributed by atoms with Crippen molar-refractivity contribution in [3.05, 3.63) is 24.3 Å². The average molecular weight is 389 g/mol. The van der Waals surface area contributed by atoms with E-state index < -0.39 is 0 Å². The summed E-state index contributed by atoms with van der Waals surface area (Å²) >= 11 is 0. The number of ether oxygens (including phenoxy) is 1. The molecule has 3 N–H and O–H groups in total. The van der Waals surface area contributed by atoms with E-state index in [9.17, 15) is 9.59 Å². The zero-order valence-electron chi connectivity index (χ0n) is 16.7. The number of carbonyl (C=O) groups excluding carboxylic acids is 2. The Kier molecular flexibility index (Phi) is 7.68. The third kappa shape index (κ3) is 5.94. The summed E-state index contributed by atoms with van der Waals surface area (Å²) in [7, 11) is 0. The predicted octanol–water partition coefficient (Wildman–Crippen LogP) is 1.60. The van der Waals surface area contributed by atoms with E-state index in [0.717, 1.165) is 45.3 Å². The minimum Gasteiger partial charge on any atom is -0.492 e. The Morgan fingerprint density at radius 3 is 2.89 bits per heavy atom. The van der Waals surface area contributed by atoms with Crippen LogP contribution in [0, 0.1) is 5.92 Å². The smallest absolute Gasteiger partial charge is 0.238 e. The number of piperidine rings is 1. The molecule has 28 heavy (non-hydrogen) atoms. The number of amides is 2. The summed E-state index contributed by atoms with van der Waals surface area (Å²) in [5.41, 5.74) is 0.708. The highest BCUT2D eigenvalue weighted by Crippen LogP contribution is 2.24. The monoisotopic (exact) mass is 388 g/mol. The van der Waals surface area contributed by atoms with Crippen molar-refractivity contribution in [2.45, 2.75) is 38.6 Å². The number of hydrogen-bond donors (Lipinski definition) is 3. The van der Waals surface area contributed by atoms with Gasteiger partial charge >= 0.3 is 0 Å². The van der Waals surface area contributed by atoms with E-state index in [4.69, 9.17) is 4.74 Å². The van der Waals surface area contributed by atoms with Gasteiger partial charge in [-0.25, -0.2) is 0 Å². The van der Waals surface area contributed by atoms with Gasteiger partial charge < -0.3 is 20.7 Å². The van der Waals surface area contributed by atoms with Gasteiger partial charge in [0.15, 0.2) is 0 Å². The van der Waals surface area contributed by atoms with Crippen molar-refractivity contribution in [2.24, 2.45) is 5.92 Å². The number of anilines is 1. The van der Waals surface area contributed by atoms with E-state index in [2.05, 4.69) is 20.9 Å². The van der Waals surface area contributed by atoms with Gasteiger partial charge in [0.2, 0.25) is 11.8 Å². The standard InChI is InChI=1S/C21H32N4O3/c1-2-28-19-10-4-3-8-17(19)24-20(26)15-25-12-6-7-16(14-25)13-23-21(27)18-9-5-11-22-18/h3-4,8,10,16,18,22H,2,5-7,9,11-15H2,1H3,(H,23,27)(H,24,26). The number of nitrogens with zero attached hydrogens (tertiary/aromatic N) is 1. The Labute approximate surface area is 167 Å². The molecule has 7 nitrogen and oxygen atoms in total. The Bertz CT molecular complexity index is 661. The normalized spacial score (nSPS) is 22.6. The first-order chi connectivity index (χ1) is 13.7. The summed E-state index contributed by atoms with van der Waals surface area (Å²) in [6.45, 7) is 6.19. The number of carbonyl (C=O) groups is 2. The second-order valence-electron chi connectivity index (χ2n) is 7.61. The SMILES string of the molecule is CCOc1ccccc1NC(=O)CN1CCCC(CNC(=O)C2CCCN2)C1. The molecule has 0 aromatic heterocycles. The lowest BCUT2D eigenvalue weighted by atomic mass is 9.98. The van der Waals surface area contributed by atoms with Crippen LogP contribution in [0.4, 0.5) is 5.69 Å². The van der Waals surface area contributed by atoms with Gasteiger partial charge in [0, 0.05) is 13.1 Å². The van der Waals surface area contributed by atoms with Gasteiger partial charge in [-0.2, -0.15) is 0 Å². The Morgan fingerprint density at radius 1 is 1.25 bits per heavy atom. The third-order valence-corrected chi connectivity index (χ3v) is 5.37. The lowest BCUT2D eigenvalue weighted by Gasteiger charge is -2.32. The Balaban J connectivity index is 1.44. The molecule has 0 radical (unpaired) electrons. The molecule has 2 aliphatic rings. The van der Waals surface area contributed by atoms with Crippen molar-refractivity contribution in [1.82, 2.24) is 15.5 Å². The van der Waals surface area contributed by atoms with Crippen LogP contribution in [0.25, 0.3) is 0 Å². The van der Waals surface area contributed by atoms with Crippen molar-refractivity contribution in [2.75, 3.05) is 44.6 Å². The fraction of sp³-hybridized carbons (Fsp3) is 0.619. The predicted molar refractivity (Wildman–Crippen MR) is 109 cm³/mol. The second-order valence-corrected chi connectivity index (χ2v) is 7.61. The van der Waals surface area contributed by atoms with Crippen LogP contribution in [-0.4, -0.2) is 62.1 Å². The molecule has 1 aromatic carbocycles. The second kappa shape index (κ2) is 10.4. The van der Waals surface area contributed by atoms with Crippen LogP contribution in [0.2, 0.25) is 0 Å². The highest BCUT2D eigenvalue weighted by molar-refractivity contribution is 5.93. The molecule has 2 atom stereocenters. The quantitative estimate of drug-likeness (QED) is 0.630. The van der Waals surface area contributed by atoms with E-state index in [1.807, 2.05) is 31.2 Å². The van der Waals surface area contributed by atoms with E-state index >= 15 is 0 Å².